The summed E-state index contributed by atoms with van der Waals surface area (Å²) in [5.41, 5.74) is -0.377. The summed E-state index contributed by atoms with van der Waals surface area (Å²) in [5.74, 6) is 0. The minimum Gasteiger partial charge on any atom is -0.255 e. The van der Waals surface area contributed by atoms with E-state index in [0.717, 1.165) is 12.8 Å². The topological polar surface area (TPSA) is 55.4 Å². The minimum absolute atomic E-state index is 0.175. The normalized spacial score (nSPS) is 33.1. The summed E-state index contributed by atoms with van der Waals surface area (Å²) < 4.78 is 29.5. The van der Waals surface area contributed by atoms with Crippen LogP contribution in [-0.2, 0) is 14.5 Å². The van der Waals surface area contributed by atoms with Crippen molar-refractivity contribution in [1.29, 1.82) is 0 Å². The first-order valence-electron chi connectivity index (χ1n) is 4.07. The van der Waals surface area contributed by atoms with Crippen LogP contribution >= 0.6 is 0 Å². The lowest BCUT2D eigenvalue weighted by Crippen LogP contribution is -2.52. The zero-order chi connectivity index (χ0) is 9.41. The maximum absolute atomic E-state index is 11.1. The molecule has 0 bridgehead atoms. The first kappa shape index (κ1) is 9.95. The summed E-state index contributed by atoms with van der Waals surface area (Å²) in [6.45, 7) is 5.63. The van der Waals surface area contributed by atoms with E-state index in [1.54, 1.807) is 0 Å². The predicted molar refractivity (Wildman–Crippen MR) is 45.9 cm³/mol. The lowest BCUT2D eigenvalue weighted by molar-refractivity contribution is 0.128. The molecular weight excluding hydrogens is 178 g/mol. The highest BCUT2D eigenvalue weighted by molar-refractivity contribution is 7.84. The predicted octanol–water partition coefficient (Wildman–Crippen LogP) is 0.798. The average molecular weight is 193 g/mol. The van der Waals surface area contributed by atoms with Gasteiger partial charge in [-0.15, -0.1) is 0 Å². The van der Waals surface area contributed by atoms with Crippen LogP contribution in [0.25, 0.3) is 0 Å². The van der Waals surface area contributed by atoms with Gasteiger partial charge >= 0.3 is 10.3 Å². The van der Waals surface area contributed by atoms with Gasteiger partial charge in [-0.1, -0.05) is 6.92 Å². The Balaban J connectivity index is 2.80. The summed E-state index contributed by atoms with van der Waals surface area (Å²) in [7, 11) is -3.50. The van der Waals surface area contributed by atoms with E-state index in [-0.39, 0.29) is 11.6 Å². The van der Waals surface area contributed by atoms with Crippen molar-refractivity contribution in [3.8, 4) is 0 Å². The van der Waals surface area contributed by atoms with Crippen LogP contribution in [0.2, 0.25) is 0 Å². The van der Waals surface area contributed by atoms with Crippen molar-refractivity contribution in [2.75, 3.05) is 0 Å². The van der Waals surface area contributed by atoms with Gasteiger partial charge in [0.1, 0.15) is 0 Å². The molecule has 0 spiro atoms. The van der Waals surface area contributed by atoms with Crippen LogP contribution < -0.4 is 4.72 Å². The van der Waals surface area contributed by atoms with E-state index in [1.807, 2.05) is 20.8 Å². The lowest BCUT2D eigenvalue weighted by atomic mass is 9.97. The van der Waals surface area contributed by atoms with Crippen molar-refractivity contribution in [1.82, 2.24) is 4.72 Å². The number of rotatable bonds is 1. The molecule has 1 atom stereocenters. The summed E-state index contributed by atoms with van der Waals surface area (Å²) >= 11 is 0. The molecule has 0 aromatic rings. The largest absolute Gasteiger partial charge is 0.336 e. The fraction of sp³-hybridized carbons (Fsp3) is 1.00. The van der Waals surface area contributed by atoms with Crippen LogP contribution in [-0.4, -0.2) is 20.1 Å². The molecule has 5 heteroatoms. The second kappa shape index (κ2) is 2.97. The van der Waals surface area contributed by atoms with E-state index in [2.05, 4.69) is 4.72 Å². The quantitative estimate of drug-likeness (QED) is 0.670. The van der Waals surface area contributed by atoms with Crippen molar-refractivity contribution >= 4 is 10.3 Å². The highest BCUT2D eigenvalue weighted by Crippen LogP contribution is 2.23. The monoisotopic (exact) mass is 193 g/mol. The highest BCUT2D eigenvalue weighted by atomic mass is 32.2. The van der Waals surface area contributed by atoms with E-state index >= 15 is 0 Å². The molecule has 0 aliphatic carbocycles. The van der Waals surface area contributed by atoms with E-state index in [0.29, 0.717) is 0 Å². The van der Waals surface area contributed by atoms with Crippen LogP contribution in [0.5, 0.6) is 0 Å². The van der Waals surface area contributed by atoms with Crippen molar-refractivity contribution in [3.05, 3.63) is 0 Å². The first-order valence-corrected chi connectivity index (χ1v) is 5.48. The maximum Gasteiger partial charge on any atom is 0.336 e. The van der Waals surface area contributed by atoms with Crippen LogP contribution in [0.15, 0.2) is 0 Å². The van der Waals surface area contributed by atoms with Crippen LogP contribution in [0.4, 0.5) is 0 Å². The number of hydrogen-bond donors (Lipinski definition) is 1. The van der Waals surface area contributed by atoms with E-state index < -0.39 is 10.3 Å². The molecule has 1 aliphatic heterocycles. The molecular formula is C7H15NO3S. The molecule has 0 saturated carbocycles. The molecule has 1 heterocycles. The molecule has 0 aromatic heterocycles. The fourth-order valence-electron chi connectivity index (χ4n) is 1.40. The van der Waals surface area contributed by atoms with Crippen molar-refractivity contribution in [3.63, 3.8) is 0 Å². The van der Waals surface area contributed by atoms with Gasteiger partial charge in [-0.05, 0) is 26.7 Å². The maximum atomic E-state index is 11.1. The van der Waals surface area contributed by atoms with Gasteiger partial charge in [0.15, 0.2) is 0 Å². The standard InChI is InChI=1S/C7H15NO3S/c1-4-6-5-7(2,3)8-12(9,10)11-6/h6,8H,4-5H2,1-3H3. The molecule has 1 unspecified atom stereocenters. The Bertz CT molecular complexity index is 258. The van der Waals surface area contributed by atoms with Crippen molar-refractivity contribution in [2.24, 2.45) is 0 Å². The van der Waals surface area contributed by atoms with Gasteiger partial charge in [0.2, 0.25) is 0 Å². The Morgan fingerprint density at radius 3 is 2.58 bits per heavy atom. The summed E-state index contributed by atoms with van der Waals surface area (Å²) in [5, 5.41) is 0. The third-order valence-electron chi connectivity index (χ3n) is 1.86. The number of nitrogens with one attached hydrogen (secondary N) is 1. The van der Waals surface area contributed by atoms with Crippen LogP contribution in [0.1, 0.15) is 33.6 Å². The van der Waals surface area contributed by atoms with Gasteiger partial charge in [0.05, 0.1) is 6.10 Å². The second-order valence-electron chi connectivity index (χ2n) is 3.77. The molecule has 1 saturated heterocycles. The summed E-state index contributed by atoms with van der Waals surface area (Å²) in [4.78, 5) is 0. The summed E-state index contributed by atoms with van der Waals surface area (Å²) in [6, 6.07) is 0. The molecule has 1 fully saturated rings. The molecule has 0 aromatic carbocycles. The van der Waals surface area contributed by atoms with Crippen LogP contribution in [0, 0.1) is 0 Å². The van der Waals surface area contributed by atoms with Gasteiger partial charge in [0.25, 0.3) is 0 Å². The van der Waals surface area contributed by atoms with E-state index in [1.165, 1.54) is 0 Å². The highest BCUT2D eigenvalue weighted by Gasteiger charge is 2.35. The third kappa shape index (κ3) is 2.43. The summed E-state index contributed by atoms with van der Waals surface area (Å²) in [6.07, 6.45) is 1.28. The Labute approximate surface area is 73.6 Å². The second-order valence-corrected chi connectivity index (χ2v) is 5.08. The fourth-order valence-corrected chi connectivity index (χ4v) is 2.77. The first-order chi connectivity index (χ1) is 5.35. The van der Waals surface area contributed by atoms with Gasteiger partial charge in [-0.2, -0.15) is 13.1 Å². The van der Waals surface area contributed by atoms with E-state index in [4.69, 9.17) is 4.18 Å². The molecule has 1 rings (SSSR count). The Hall–Kier alpha value is -0.130. The number of hydrogen-bond acceptors (Lipinski definition) is 3. The smallest absolute Gasteiger partial charge is 0.255 e. The Kier molecular flexibility index (Phi) is 2.47. The Morgan fingerprint density at radius 2 is 2.17 bits per heavy atom. The van der Waals surface area contributed by atoms with Gasteiger partial charge in [-0.3, -0.25) is 4.18 Å². The average Bonchev–Trinajstić information content (AvgIpc) is 1.80. The zero-order valence-corrected chi connectivity index (χ0v) is 8.44. The van der Waals surface area contributed by atoms with Crippen molar-refractivity contribution in [2.45, 2.75) is 45.3 Å². The molecule has 1 aliphatic rings. The Morgan fingerprint density at radius 1 is 1.58 bits per heavy atom. The molecule has 0 amide bonds. The van der Waals surface area contributed by atoms with Crippen molar-refractivity contribution < 1.29 is 12.6 Å². The molecule has 4 nitrogen and oxygen atoms in total. The SMILES string of the molecule is CCC1CC(C)(C)NS(=O)(=O)O1. The molecule has 72 valence electrons. The van der Waals surface area contributed by atoms with Gasteiger partial charge in [-0.25, -0.2) is 0 Å². The van der Waals surface area contributed by atoms with Gasteiger partial charge < -0.3 is 0 Å². The van der Waals surface area contributed by atoms with Gasteiger partial charge in [0, 0.05) is 5.54 Å². The minimum atomic E-state index is -3.50. The lowest BCUT2D eigenvalue weighted by Gasteiger charge is -2.34. The molecule has 1 N–H and O–H groups in total. The van der Waals surface area contributed by atoms with Crippen LogP contribution in [0.3, 0.4) is 0 Å². The molecule has 0 radical (unpaired) electrons. The van der Waals surface area contributed by atoms with E-state index in [9.17, 15) is 8.42 Å². The zero-order valence-electron chi connectivity index (χ0n) is 7.62. The molecule has 12 heavy (non-hydrogen) atoms. The third-order valence-corrected chi connectivity index (χ3v) is 3.19.